The molecule has 0 saturated heterocycles. The Kier molecular flexibility index (Phi) is 10.6. The minimum absolute atomic E-state index is 0. The summed E-state index contributed by atoms with van der Waals surface area (Å²) in [4.78, 5) is 4.16. The van der Waals surface area contributed by atoms with E-state index in [0.717, 1.165) is 5.56 Å². The Morgan fingerprint density at radius 1 is 1.07 bits per heavy atom. The van der Waals surface area contributed by atoms with Crippen LogP contribution in [0.3, 0.4) is 0 Å². The molecule has 0 bridgehead atoms. The zero-order valence-corrected chi connectivity index (χ0v) is 18.5. The maximum absolute atomic E-state index is 12.8. The quantitative estimate of drug-likeness (QED) is 0.316. The number of ether oxygens (including phenoxy) is 2. The molecule has 0 aliphatic carbocycles. The molecule has 0 amide bonds. The van der Waals surface area contributed by atoms with Crippen LogP contribution >= 0.6 is 24.0 Å². The van der Waals surface area contributed by atoms with Gasteiger partial charge in [-0.2, -0.15) is 8.78 Å². The highest BCUT2D eigenvalue weighted by Crippen LogP contribution is 2.32. The van der Waals surface area contributed by atoms with Crippen molar-refractivity contribution in [3.63, 3.8) is 0 Å². The summed E-state index contributed by atoms with van der Waals surface area (Å²) in [7, 11) is 1.65. The Morgan fingerprint density at radius 3 is 2.36 bits per heavy atom. The van der Waals surface area contributed by atoms with Gasteiger partial charge in [-0.3, -0.25) is 4.99 Å². The number of para-hydroxylation sites is 1. The molecule has 8 heteroatoms. The van der Waals surface area contributed by atoms with Crippen LogP contribution in [0.1, 0.15) is 23.6 Å². The molecule has 154 valence electrons. The highest BCUT2D eigenvalue weighted by molar-refractivity contribution is 14.0. The Balaban J connectivity index is 0.00000392. The summed E-state index contributed by atoms with van der Waals surface area (Å²) < 4.78 is 35.6. The molecule has 5 nitrogen and oxygen atoms in total. The number of halogens is 3. The van der Waals surface area contributed by atoms with Gasteiger partial charge in [0.15, 0.2) is 17.5 Å². The number of nitrogens with zero attached hydrogens (tertiary/aromatic N) is 1. The van der Waals surface area contributed by atoms with Crippen molar-refractivity contribution < 1.29 is 18.3 Å². The van der Waals surface area contributed by atoms with Gasteiger partial charge < -0.3 is 20.1 Å². The molecule has 0 unspecified atom stereocenters. The molecular formula is C20H26F2IN3O2. The summed E-state index contributed by atoms with van der Waals surface area (Å²) >= 11 is 0. The lowest BCUT2D eigenvalue weighted by Gasteiger charge is -2.17. The maximum Gasteiger partial charge on any atom is 0.387 e. The summed E-state index contributed by atoms with van der Waals surface area (Å²) in [6.07, 6.45) is 0. The number of nitrogens with one attached hydrogen (secondary N) is 2. The van der Waals surface area contributed by atoms with Gasteiger partial charge in [0.25, 0.3) is 0 Å². The van der Waals surface area contributed by atoms with Gasteiger partial charge in [-0.25, -0.2) is 0 Å². The number of hydrogen-bond acceptors (Lipinski definition) is 3. The van der Waals surface area contributed by atoms with Crippen LogP contribution in [0.5, 0.6) is 11.5 Å². The fraction of sp³-hybridized carbons (Fsp3) is 0.350. The topological polar surface area (TPSA) is 54.9 Å². The van der Waals surface area contributed by atoms with Gasteiger partial charge >= 0.3 is 6.61 Å². The number of aliphatic imine (C=N–C) groups is 1. The second-order valence-corrected chi connectivity index (χ2v) is 5.82. The third-order valence-corrected chi connectivity index (χ3v) is 3.82. The fourth-order valence-electron chi connectivity index (χ4n) is 2.48. The van der Waals surface area contributed by atoms with Crippen LogP contribution in [0.2, 0.25) is 0 Å². The van der Waals surface area contributed by atoms with Crippen LogP contribution in [0, 0.1) is 6.92 Å². The summed E-state index contributed by atoms with van der Waals surface area (Å²) in [5.74, 6) is 0.885. The standard InChI is InChI=1S/C20H25F2N3O2.HI/c1-4-26-17-7-5-6-16(18(17)27-19(21)22)13-25-20(23-3)24-12-15-10-8-14(2)9-11-15;/h5-11,19H,4,12-13H2,1-3H3,(H2,23,24,25);1H. The molecule has 0 heterocycles. The number of hydrogen-bond donors (Lipinski definition) is 2. The predicted octanol–water partition coefficient (Wildman–Crippen LogP) is 4.48. The lowest BCUT2D eigenvalue weighted by atomic mass is 10.1. The number of benzene rings is 2. The summed E-state index contributed by atoms with van der Waals surface area (Å²) in [5, 5.41) is 6.30. The van der Waals surface area contributed by atoms with Gasteiger partial charge in [0, 0.05) is 25.7 Å². The van der Waals surface area contributed by atoms with Crippen molar-refractivity contribution >= 4 is 29.9 Å². The molecule has 0 aromatic heterocycles. The van der Waals surface area contributed by atoms with Gasteiger partial charge in [-0.1, -0.05) is 42.0 Å². The van der Waals surface area contributed by atoms with E-state index in [1.54, 1.807) is 32.2 Å². The normalized spacial score (nSPS) is 11.0. The Hall–Kier alpha value is -2.10. The van der Waals surface area contributed by atoms with Crippen LogP contribution in [-0.2, 0) is 13.1 Å². The van der Waals surface area contributed by atoms with Crippen molar-refractivity contribution in [1.82, 2.24) is 10.6 Å². The van der Waals surface area contributed by atoms with Gasteiger partial charge in [0.1, 0.15) is 0 Å². The molecule has 28 heavy (non-hydrogen) atoms. The zero-order chi connectivity index (χ0) is 19.6. The lowest BCUT2D eigenvalue weighted by molar-refractivity contribution is -0.0520. The number of alkyl halides is 2. The Morgan fingerprint density at radius 2 is 1.75 bits per heavy atom. The van der Waals surface area contributed by atoms with Crippen molar-refractivity contribution in [2.24, 2.45) is 4.99 Å². The van der Waals surface area contributed by atoms with E-state index in [1.807, 2.05) is 31.2 Å². The highest BCUT2D eigenvalue weighted by Gasteiger charge is 2.16. The van der Waals surface area contributed by atoms with E-state index < -0.39 is 6.61 Å². The van der Waals surface area contributed by atoms with Crippen molar-refractivity contribution in [3.8, 4) is 11.5 Å². The first-order valence-electron chi connectivity index (χ1n) is 8.73. The predicted molar refractivity (Wildman–Crippen MR) is 118 cm³/mol. The van der Waals surface area contributed by atoms with Gasteiger partial charge in [0.2, 0.25) is 0 Å². The van der Waals surface area contributed by atoms with E-state index in [4.69, 9.17) is 4.74 Å². The maximum atomic E-state index is 12.8. The van der Waals surface area contributed by atoms with E-state index in [-0.39, 0.29) is 36.3 Å². The Labute approximate surface area is 181 Å². The summed E-state index contributed by atoms with van der Waals surface area (Å²) in [6.45, 7) is 2.11. The van der Waals surface area contributed by atoms with Gasteiger partial charge in [-0.05, 0) is 25.5 Å². The minimum Gasteiger partial charge on any atom is -0.490 e. The van der Waals surface area contributed by atoms with Crippen LogP contribution in [-0.4, -0.2) is 26.2 Å². The molecule has 2 aromatic rings. The van der Waals surface area contributed by atoms with Crippen LogP contribution < -0.4 is 20.1 Å². The van der Waals surface area contributed by atoms with Crippen molar-refractivity contribution in [2.75, 3.05) is 13.7 Å². The number of rotatable bonds is 8. The number of guanidine groups is 1. The largest absolute Gasteiger partial charge is 0.490 e. The average molecular weight is 505 g/mol. The molecule has 0 fully saturated rings. The van der Waals surface area contributed by atoms with E-state index in [0.29, 0.717) is 30.4 Å². The fourth-order valence-corrected chi connectivity index (χ4v) is 2.48. The first-order valence-corrected chi connectivity index (χ1v) is 8.73. The zero-order valence-electron chi connectivity index (χ0n) is 16.2. The van der Waals surface area contributed by atoms with E-state index >= 15 is 0 Å². The molecule has 0 spiro atoms. The monoisotopic (exact) mass is 505 g/mol. The van der Waals surface area contributed by atoms with Crippen molar-refractivity contribution in [2.45, 2.75) is 33.5 Å². The molecule has 2 rings (SSSR count). The SMILES string of the molecule is CCOc1cccc(CNC(=NC)NCc2ccc(C)cc2)c1OC(F)F.I. The minimum atomic E-state index is -2.93. The second kappa shape index (κ2) is 12.4. The van der Waals surface area contributed by atoms with E-state index in [1.165, 1.54) is 5.56 Å². The van der Waals surface area contributed by atoms with Crippen LogP contribution in [0.4, 0.5) is 8.78 Å². The lowest BCUT2D eigenvalue weighted by Crippen LogP contribution is -2.36. The third kappa shape index (κ3) is 7.49. The molecular weight excluding hydrogens is 479 g/mol. The molecule has 0 aliphatic heterocycles. The molecule has 2 N–H and O–H groups in total. The molecule has 0 radical (unpaired) electrons. The number of aryl methyl sites for hydroxylation is 1. The Bertz CT molecular complexity index is 756. The first-order chi connectivity index (χ1) is 13.0. The van der Waals surface area contributed by atoms with Crippen molar-refractivity contribution in [3.05, 3.63) is 59.2 Å². The van der Waals surface area contributed by atoms with E-state index in [9.17, 15) is 8.78 Å². The average Bonchev–Trinajstić information content (AvgIpc) is 2.65. The molecule has 0 aliphatic rings. The van der Waals surface area contributed by atoms with Gasteiger partial charge in [0.05, 0.1) is 6.61 Å². The molecule has 0 atom stereocenters. The molecule has 2 aromatic carbocycles. The second-order valence-electron chi connectivity index (χ2n) is 5.82. The highest BCUT2D eigenvalue weighted by atomic mass is 127. The van der Waals surface area contributed by atoms with E-state index in [2.05, 4.69) is 20.4 Å². The molecule has 0 saturated carbocycles. The summed E-state index contributed by atoms with van der Waals surface area (Å²) in [6, 6.07) is 13.2. The van der Waals surface area contributed by atoms with Crippen LogP contribution in [0.25, 0.3) is 0 Å². The van der Waals surface area contributed by atoms with Gasteiger partial charge in [-0.15, -0.1) is 24.0 Å². The van der Waals surface area contributed by atoms with Crippen LogP contribution in [0.15, 0.2) is 47.5 Å². The summed E-state index contributed by atoms with van der Waals surface area (Å²) in [5.41, 5.74) is 2.87. The first kappa shape index (κ1) is 23.9. The van der Waals surface area contributed by atoms with Crippen molar-refractivity contribution in [1.29, 1.82) is 0 Å². The smallest absolute Gasteiger partial charge is 0.387 e. The third-order valence-electron chi connectivity index (χ3n) is 3.82.